The Morgan fingerprint density at radius 1 is 0.938 bits per heavy atom. The van der Waals surface area contributed by atoms with Gasteiger partial charge in [-0.3, -0.25) is 9.10 Å². The van der Waals surface area contributed by atoms with Crippen molar-refractivity contribution in [2.24, 2.45) is 0 Å². The lowest BCUT2D eigenvalue weighted by molar-refractivity contribution is 0.0986. The SMILES string of the molecule is CC1CCN(C(=O)c2cccc(S(=O)(=O)N3CCc4ccccc43)c2)c2ccccc2S1. The second kappa shape index (κ2) is 8.30. The molecule has 32 heavy (non-hydrogen) atoms. The van der Waals surface area contributed by atoms with Gasteiger partial charge in [-0.15, -0.1) is 11.8 Å². The molecule has 0 aliphatic carbocycles. The van der Waals surface area contributed by atoms with Crippen LogP contribution in [0.1, 0.15) is 29.3 Å². The molecule has 7 heteroatoms. The van der Waals surface area contributed by atoms with E-state index in [1.807, 2.05) is 48.5 Å². The number of thioether (sulfide) groups is 1. The summed E-state index contributed by atoms with van der Waals surface area (Å²) in [6.07, 6.45) is 1.56. The number of amides is 1. The van der Waals surface area contributed by atoms with E-state index in [0.29, 0.717) is 30.3 Å². The van der Waals surface area contributed by atoms with Crippen molar-refractivity contribution in [2.45, 2.75) is 34.8 Å². The quantitative estimate of drug-likeness (QED) is 0.549. The minimum atomic E-state index is -3.76. The van der Waals surface area contributed by atoms with Crippen LogP contribution in [-0.4, -0.2) is 32.7 Å². The molecule has 0 fully saturated rings. The largest absolute Gasteiger partial charge is 0.307 e. The van der Waals surface area contributed by atoms with E-state index in [2.05, 4.69) is 6.92 Å². The van der Waals surface area contributed by atoms with Gasteiger partial charge < -0.3 is 4.90 Å². The topological polar surface area (TPSA) is 57.7 Å². The van der Waals surface area contributed by atoms with Crippen molar-refractivity contribution in [3.8, 4) is 0 Å². The Bertz CT molecular complexity index is 1290. The smallest absolute Gasteiger partial charge is 0.264 e. The van der Waals surface area contributed by atoms with E-state index >= 15 is 0 Å². The van der Waals surface area contributed by atoms with Gasteiger partial charge >= 0.3 is 0 Å². The fourth-order valence-corrected chi connectivity index (χ4v) is 6.99. The molecule has 0 bridgehead atoms. The van der Waals surface area contributed by atoms with Gasteiger partial charge in [0.05, 0.1) is 16.3 Å². The highest BCUT2D eigenvalue weighted by Gasteiger charge is 2.32. The zero-order chi connectivity index (χ0) is 22.3. The van der Waals surface area contributed by atoms with Gasteiger partial charge in [-0.05, 0) is 54.8 Å². The molecule has 3 aromatic carbocycles. The molecule has 2 heterocycles. The zero-order valence-corrected chi connectivity index (χ0v) is 19.4. The lowest BCUT2D eigenvalue weighted by Gasteiger charge is -2.23. The van der Waals surface area contributed by atoms with Crippen LogP contribution >= 0.6 is 11.8 Å². The van der Waals surface area contributed by atoms with Crippen molar-refractivity contribution >= 4 is 39.1 Å². The highest BCUT2D eigenvalue weighted by molar-refractivity contribution is 8.00. The summed E-state index contributed by atoms with van der Waals surface area (Å²) < 4.78 is 28.3. The number of fused-ring (bicyclic) bond motifs is 2. The van der Waals surface area contributed by atoms with Gasteiger partial charge in [0.1, 0.15) is 0 Å². The Hall–Kier alpha value is -2.77. The molecule has 5 rings (SSSR count). The fourth-order valence-electron chi connectivity index (χ4n) is 4.33. The number of sulfonamides is 1. The first kappa shape index (κ1) is 21.1. The fraction of sp³-hybridized carbons (Fsp3) is 0.240. The molecule has 0 radical (unpaired) electrons. The molecule has 5 nitrogen and oxygen atoms in total. The summed E-state index contributed by atoms with van der Waals surface area (Å²) in [5.41, 5.74) is 3.01. The van der Waals surface area contributed by atoms with Crippen LogP contribution < -0.4 is 9.21 Å². The van der Waals surface area contributed by atoms with Crippen LogP contribution in [0.4, 0.5) is 11.4 Å². The van der Waals surface area contributed by atoms with Gasteiger partial charge in [0, 0.05) is 28.8 Å². The van der Waals surface area contributed by atoms with E-state index in [1.54, 1.807) is 34.9 Å². The first-order valence-corrected chi connectivity index (χ1v) is 13.1. The van der Waals surface area contributed by atoms with E-state index in [9.17, 15) is 13.2 Å². The van der Waals surface area contributed by atoms with Gasteiger partial charge in [-0.25, -0.2) is 8.42 Å². The van der Waals surface area contributed by atoms with Crippen LogP contribution in [0.2, 0.25) is 0 Å². The Balaban J connectivity index is 1.49. The summed E-state index contributed by atoms with van der Waals surface area (Å²) in [6.45, 7) is 3.17. The summed E-state index contributed by atoms with van der Waals surface area (Å²) >= 11 is 1.77. The number of carbonyl (C=O) groups excluding carboxylic acids is 1. The van der Waals surface area contributed by atoms with Crippen LogP contribution in [0.5, 0.6) is 0 Å². The molecule has 1 atom stereocenters. The summed E-state index contributed by atoms with van der Waals surface area (Å²) in [5, 5.41) is 0.399. The van der Waals surface area contributed by atoms with E-state index in [4.69, 9.17) is 0 Å². The lowest BCUT2D eigenvalue weighted by Crippen LogP contribution is -2.33. The highest BCUT2D eigenvalue weighted by Crippen LogP contribution is 2.38. The average molecular weight is 465 g/mol. The van der Waals surface area contributed by atoms with E-state index in [1.165, 1.54) is 10.4 Å². The van der Waals surface area contributed by atoms with Crippen molar-refractivity contribution in [3.05, 3.63) is 83.9 Å². The molecule has 0 spiro atoms. The Kier molecular flexibility index (Phi) is 5.47. The summed E-state index contributed by atoms with van der Waals surface area (Å²) in [6, 6.07) is 21.9. The van der Waals surface area contributed by atoms with Crippen molar-refractivity contribution in [2.75, 3.05) is 22.3 Å². The number of benzene rings is 3. The monoisotopic (exact) mass is 464 g/mol. The van der Waals surface area contributed by atoms with Crippen LogP contribution in [0.25, 0.3) is 0 Å². The van der Waals surface area contributed by atoms with E-state index in [-0.39, 0.29) is 10.8 Å². The Morgan fingerprint density at radius 3 is 2.53 bits per heavy atom. The summed E-state index contributed by atoms with van der Waals surface area (Å²) in [4.78, 5) is 16.5. The van der Waals surface area contributed by atoms with Gasteiger partial charge in [-0.2, -0.15) is 0 Å². The van der Waals surface area contributed by atoms with Crippen molar-refractivity contribution in [1.29, 1.82) is 0 Å². The van der Waals surface area contributed by atoms with Gasteiger partial charge in [0.2, 0.25) is 0 Å². The summed E-state index contributed by atoms with van der Waals surface area (Å²) in [7, 11) is -3.76. The number of anilines is 2. The predicted molar refractivity (Wildman–Crippen MR) is 129 cm³/mol. The normalized spacial score (nSPS) is 18.1. The van der Waals surface area contributed by atoms with Crippen molar-refractivity contribution in [3.63, 3.8) is 0 Å². The van der Waals surface area contributed by atoms with E-state index in [0.717, 1.165) is 28.3 Å². The molecular weight excluding hydrogens is 440 g/mol. The Labute approximate surface area is 193 Å². The first-order chi connectivity index (χ1) is 15.4. The molecule has 1 amide bonds. The molecule has 0 N–H and O–H groups in total. The molecule has 1 unspecified atom stereocenters. The maximum atomic E-state index is 13.5. The Morgan fingerprint density at radius 2 is 1.69 bits per heavy atom. The van der Waals surface area contributed by atoms with E-state index < -0.39 is 10.0 Å². The lowest BCUT2D eigenvalue weighted by atomic mass is 10.1. The number of hydrogen-bond donors (Lipinski definition) is 0. The molecule has 2 aliphatic heterocycles. The third kappa shape index (κ3) is 3.69. The van der Waals surface area contributed by atoms with Crippen molar-refractivity contribution in [1.82, 2.24) is 0 Å². The molecule has 164 valence electrons. The number of hydrogen-bond acceptors (Lipinski definition) is 4. The van der Waals surface area contributed by atoms with Crippen LogP contribution in [0.3, 0.4) is 0 Å². The zero-order valence-electron chi connectivity index (χ0n) is 17.8. The number of nitrogens with zero attached hydrogens (tertiary/aromatic N) is 2. The number of rotatable bonds is 3. The third-order valence-corrected chi connectivity index (χ3v) is 9.05. The van der Waals surface area contributed by atoms with Gasteiger partial charge in [0.25, 0.3) is 15.9 Å². The third-order valence-electron chi connectivity index (χ3n) is 6.00. The van der Waals surface area contributed by atoms with Crippen LogP contribution in [0.15, 0.2) is 82.6 Å². The average Bonchev–Trinajstić information content (AvgIpc) is 3.17. The van der Waals surface area contributed by atoms with Crippen LogP contribution in [-0.2, 0) is 16.4 Å². The summed E-state index contributed by atoms with van der Waals surface area (Å²) in [5.74, 6) is -0.175. The molecule has 3 aromatic rings. The number of carbonyl (C=O) groups is 1. The minimum Gasteiger partial charge on any atom is -0.307 e. The molecule has 0 saturated carbocycles. The standard InChI is InChI=1S/C25H24N2O3S2/c1-18-13-15-26(23-11-4-5-12-24(23)31-18)25(28)20-8-6-9-21(17-20)32(29,30)27-16-14-19-7-2-3-10-22(19)27/h2-12,17-18H,13-16H2,1H3. The van der Waals surface area contributed by atoms with Crippen LogP contribution in [0, 0.1) is 0 Å². The second-order valence-corrected chi connectivity index (χ2v) is 11.5. The second-order valence-electron chi connectivity index (χ2n) is 8.13. The molecular formula is C25H24N2O3S2. The van der Waals surface area contributed by atoms with Gasteiger partial charge in [0.15, 0.2) is 0 Å². The van der Waals surface area contributed by atoms with Crippen molar-refractivity contribution < 1.29 is 13.2 Å². The molecule has 0 aromatic heterocycles. The maximum absolute atomic E-state index is 13.5. The minimum absolute atomic E-state index is 0.144. The highest BCUT2D eigenvalue weighted by atomic mass is 32.2. The maximum Gasteiger partial charge on any atom is 0.264 e. The predicted octanol–water partition coefficient (Wildman–Crippen LogP) is 4.97. The number of para-hydroxylation sites is 2. The molecule has 0 saturated heterocycles. The first-order valence-electron chi connectivity index (χ1n) is 10.7. The molecule has 2 aliphatic rings. The van der Waals surface area contributed by atoms with Gasteiger partial charge in [-0.1, -0.05) is 43.3 Å².